The third-order valence-corrected chi connectivity index (χ3v) is 4.85. The molecule has 2 aromatic carbocycles. The number of aliphatic hydroxyl groups is 1. The van der Waals surface area contributed by atoms with Gasteiger partial charge in [0.1, 0.15) is 12.0 Å². The second kappa shape index (κ2) is 6.54. The molecule has 1 heterocycles. The van der Waals surface area contributed by atoms with Crippen LogP contribution < -0.4 is 10.2 Å². The fraction of sp³-hybridized carbons (Fsp3) is 0.400. The maximum atomic E-state index is 14.5. The van der Waals surface area contributed by atoms with E-state index < -0.39 is 6.10 Å². The van der Waals surface area contributed by atoms with Gasteiger partial charge in [-0.1, -0.05) is 56.3 Å². The first-order valence-electron chi connectivity index (χ1n) is 8.39. The summed E-state index contributed by atoms with van der Waals surface area (Å²) in [7, 11) is 1.81. The molecule has 0 bridgehead atoms. The molecule has 0 spiro atoms. The number of hydrogen-bond acceptors (Lipinski definition) is 3. The topological polar surface area (TPSA) is 35.5 Å². The average molecular weight is 328 g/mol. The Bertz CT molecular complexity index is 702. The van der Waals surface area contributed by atoms with E-state index in [1.165, 1.54) is 6.07 Å². The highest BCUT2D eigenvalue weighted by Crippen LogP contribution is 2.43. The van der Waals surface area contributed by atoms with E-state index in [-0.39, 0.29) is 17.4 Å². The zero-order chi connectivity index (χ0) is 17.3. The summed E-state index contributed by atoms with van der Waals surface area (Å²) in [6.07, 6.45) is -0.464. The smallest absolute Gasteiger partial charge is 0.146 e. The first-order valence-corrected chi connectivity index (χ1v) is 8.39. The Morgan fingerprint density at radius 3 is 2.54 bits per heavy atom. The van der Waals surface area contributed by atoms with E-state index in [2.05, 4.69) is 19.2 Å². The van der Waals surface area contributed by atoms with Crippen LogP contribution in [-0.2, 0) is 11.8 Å². The molecular formula is C20H25FN2O. The summed E-state index contributed by atoms with van der Waals surface area (Å²) in [5, 5.41) is 14.0. The van der Waals surface area contributed by atoms with Gasteiger partial charge in [-0.25, -0.2) is 4.39 Å². The molecule has 1 unspecified atom stereocenters. The van der Waals surface area contributed by atoms with Crippen molar-refractivity contribution < 1.29 is 9.50 Å². The molecule has 3 nitrogen and oxygen atoms in total. The number of anilines is 1. The molecule has 0 aromatic heterocycles. The second-order valence-corrected chi connectivity index (χ2v) is 7.14. The van der Waals surface area contributed by atoms with Crippen LogP contribution in [0.1, 0.15) is 25.0 Å². The van der Waals surface area contributed by atoms with E-state index in [4.69, 9.17) is 0 Å². The van der Waals surface area contributed by atoms with Crippen molar-refractivity contribution in [1.82, 2.24) is 5.32 Å². The molecule has 2 N–H and O–H groups in total. The van der Waals surface area contributed by atoms with E-state index in [0.29, 0.717) is 18.7 Å². The first-order chi connectivity index (χ1) is 11.4. The van der Waals surface area contributed by atoms with Gasteiger partial charge in [0.25, 0.3) is 0 Å². The van der Waals surface area contributed by atoms with E-state index in [1.54, 1.807) is 6.07 Å². The zero-order valence-corrected chi connectivity index (χ0v) is 14.5. The third-order valence-electron chi connectivity index (χ3n) is 4.85. The number of nitrogens with one attached hydrogen (secondary N) is 1. The fourth-order valence-electron chi connectivity index (χ4n) is 3.70. The summed E-state index contributed by atoms with van der Waals surface area (Å²) in [6, 6.07) is 15.1. The molecule has 1 aliphatic rings. The van der Waals surface area contributed by atoms with Gasteiger partial charge in [0.05, 0.1) is 11.8 Å². The summed E-state index contributed by atoms with van der Waals surface area (Å²) in [4.78, 5) is 1.97. The molecule has 0 aliphatic carbocycles. The van der Waals surface area contributed by atoms with Crippen molar-refractivity contribution in [2.45, 2.75) is 38.0 Å². The molecule has 3 rings (SSSR count). The molecule has 128 valence electrons. The molecule has 0 saturated carbocycles. The van der Waals surface area contributed by atoms with Crippen LogP contribution in [0, 0.1) is 5.82 Å². The number of halogens is 1. The summed E-state index contributed by atoms with van der Waals surface area (Å²) in [5.41, 5.74) is 2.51. The number of benzene rings is 2. The summed E-state index contributed by atoms with van der Waals surface area (Å²) >= 11 is 0. The van der Waals surface area contributed by atoms with Gasteiger partial charge in [0.15, 0.2) is 0 Å². The molecule has 0 saturated heterocycles. The average Bonchev–Trinajstić information content (AvgIpc) is 2.82. The van der Waals surface area contributed by atoms with Gasteiger partial charge in [0, 0.05) is 18.4 Å². The standard InChI is InChI=1S/C20H25FN2O/c1-20(2)13-23(18-15(20)10-7-11-16(18)21)19(22-3)17(24)12-14-8-5-4-6-9-14/h4-11,17,19,22,24H,12-13H2,1-3H3/t17-,19?/m1/s1. The lowest BCUT2D eigenvalue weighted by molar-refractivity contribution is 0.128. The lowest BCUT2D eigenvalue weighted by atomic mass is 9.87. The van der Waals surface area contributed by atoms with E-state index in [0.717, 1.165) is 11.1 Å². The highest BCUT2D eigenvalue weighted by Gasteiger charge is 2.41. The second-order valence-electron chi connectivity index (χ2n) is 7.14. The largest absolute Gasteiger partial charge is 0.389 e. The number of hydrogen-bond donors (Lipinski definition) is 2. The molecule has 2 atom stereocenters. The predicted octanol–water partition coefficient (Wildman–Crippen LogP) is 3.07. The number of rotatable bonds is 5. The lowest BCUT2D eigenvalue weighted by Gasteiger charge is -2.35. The van der Waals surface area contributed by atoms with Crippen LogP contribution in [0.3, 0.4) is 0 Å². The maximum absolute atomic E-state index is 14.5. The Hall–Kier alpha value is -1.91. The van der Waals surface area contributed by atoms with Crippen LogP contribution in [-0.4, -0.2) is 31.0 Å². The Morgan fingerprint density at radius 2 is 1.88 bits per heavy atom. The molecule has 0 amide bonds. The zero-order valence-electron chi connectivity index (χ0n) is 14.5. The van der Waals surface area contributed by atoms with Gasteiger partial charge in [-0.2, -0.15) is 0 Å². The van der Waals surface area contributed by atoms with Gasteiger partial charge in [-0.3, -0.25) is 5.32 Å². The number of aliphatic hydroxyl groups excluding tert-OH is 1. The minimum atomic E-state index is -0.640. The van der Waals surface area contributed by atoms with Crippen LogP contribution in [0.2, 0.25) is 0 Å². The van der Waals surface area contributed by atoms with Gasteiger partial charge >= 0.3 is 0 Å². The molecule has 2 aromatic rings. The minimum Gasteiger partial charge on any atom is -0.389 e. The van der Waals surface area contributed by atoms with Crippen molar-refractivity contribution in [1.29, 1.82) is 0 Å². The Morgan fingerprint density at radius 1 is 1.17 bits per heavy atom. The van der Waals surface area contributed by atoms with E-state index in [1.807, 2.05) is 48.3 Å². The van der Waals surface area contributed by atoms with Crippen molar-refractivity contribution in [3.63, 3.8) is 0 Å². The molecule has 1 aliphatic heterocycles. The first kappa shape index (κ1) is 16.9. The minimum absolute atomic E-state index is 0.154. The van der Waals surface area contributed by atoms with Crippen molar-refractivity contribution in [2.24, 2.45) is 0 Å². The van der Waals surface area contributed by atoms with Crippen molar-refractivity contribution in [3.8, 4) is 0 Å². The molecule has 0 fully saturated rings. The van der Waals surface area contributed by atoms with Crippen molar-refractivity contribution >= 4 is 5.69 Å². The van der Waals surface area contributed by atoms with Crippen LogP contribution in [0.25, 0.3) is 0 Å². The Labute approximate surface area is 143 Å². The third kappa shape index (κ3) is 3.04. The van der Waals surface area contributed by atoms with E-state index >= 15 is 0 Å². The highest BCUT2D eigenvalue weighted by atomic mass is 19.1. The fourth-order valence-corrected chi connectivity index (χ4v) is 3.70. The maximum Gasteiger partial charge on any atom is 0.146 e. The van der Waals surface area contributed by atoms with E-state index in [9.17, 15) is 9.50 Å². The predicted molar refractivity (Wildman–Crippen MR) is 95.8 cm³/mol. The number of fused-ring (bicyclic) bond motifs is 1. The molecular weight excluding hydrogens is 303 g/mol. The van der Waals surface area contributed by atoms with Gasteiger partial charge in [-0.15, -0.1) is 0 Å². The van der Waals surface area contributed by atoms with Crippen molar-refractivity contribution in [3.05, 3.63) is 65.5 Å². The lowest BCUT2D eigenvalue weighted by Crippen LogP contribution is -2.53. The number of likely N-dealkylation sites (N-methyl/N-ethyl adjacent to an activating group) is 1. The SMILES string of the molecule is CNC([C@H](O)Cc1ccccc1)N1CC(C)(C)c2cccc(F)c21. The Balaban J connectivity index is 1.90. The molecule has 0 radical (unpaired) electrons. The van der Waals surface area contributed by atoms with Crippen LogP contribution in [0.15, 0.2) is 48.5 Å². The Kier molecular flexibility index (Phi) is 4.61. The summed E-state index contributed by atoms with van der Waals surface area (Å²) in [6.45, 7) is 4.89. The van der Waals surface area contributed by atoms with Crippen LogP contribution in [0.5, 0.6) is 0 Å². The number of para-hydroxylation sites is 1. The molecule has 24 heavy (non-hydrogen) atoms. The normalized spacial score (nSPS) is 18.3. The van der Waals surface area contributed by atoms with Crippen LogP contribution in [0.4, 0.5) is 10.1 Å². The van der Waals surface area contributed by atoms with Crippen molar-refractivity contribution in [2.75, 3.05) is 18.5 Å². The summed E-state index contributed by atoms with van der Waals surface area (Å²) in [5.74, 6) is -0.231. The molecule has 4 heteroatoms. The summed E-state index contributed by atoms with van der Waals surface area (Å²) < 4.78 is 14.5. The van der Waals surface area contributed by atoms with Gasteiger partial charge < -0.3 is 10.0 Å². The quantitative estimate of drug-likeness (QED) is 0.885. The number of nitrogens with zero attached hydrogens (tertiary/aromatic N) is 1. The van der Waals surface area contributed by atoms with Gasteiger partial charge in [0.2, 0.25) is 0 Å². The van der Waals surface area contributed by atoms with Crippen LogP contribution >= 0.6 is 0 Å². The van der Waals surface area contributed by atoms with Gasteiger partial charge in [-0.05, 0) is 24.2 Å². The highest BCUT2D eigenvalue weighted by molar-refractivity contribution is 5.63. The monoisotopic (exact) mass is 328 g/mol.